The van der Waals surface area contributed by atoms with Crippen molar-refractivity contribution in [3.63, 3.8) is 0 Å². The maximum Gasteiger partial charge on any atom is 0.308 e. The molecule has 1 saturated heterocycles. The second kappa shape index (κ2) is 5.63. The minimum atomic E-state index is -0.881. The molecule has 1 fully saturated rings. The predicted octanol–water partition coefficient (Wildman–Crippen LogP) is 1.46. The van der Waals surface area contributed by atoms with Crippen LogP contribution in [0.1, 0.15) is 23.2 Å². The van der Waals surface area contributed by atoms with E-state index in [9.17, 15) is 14.4 Å². The lowest BCUT2D eigenvalue weighted by Crippen LogP contribution is -2.42. The lowest BCUT2D eigenvalue weighted by atomic mass is 9.97. The molecule has 3 rings (SSSR count). The molecule has 0 saturated carbocycles. The van der Waals surface area contributed by atoms with E-state index in [1.54, 1.807) is 24.3 Å². The van der Waals surface area contributed by atoms with Crippen LogP contribution in [0.2, 0.25) is 0 Å². The maximum absolute atomic E-state index is 12.7. The number of aliphatic carboxylic acids is 1. The molecule has 22 heavy (non-hydrogen) atoms. The van der Waals surface area contributed by atoms with Crippen molar-refractivity contribution in [1.29, 1.82) is 0 Å². The Hall–Kier alpha value is -2.63. The largest absolute Gasteiger partial charge is 0.481 e. The number of amides is 1. The number of aromatic nitrogens is 1. The van der Waals surface area contributed by atoms with E-state index in [2.05, 4.69) is 4.98 Å². The second-order valence-corrected chi connectivity index (χ2v) is 5.52. The quantitative estimate of drug-likeness (QED) is 0.878. The van der Waals surface area contributed by atoms with Crippen molar-refractivity contribution in [3.05, 3.63) is 46.2 Å². The number of carbonyl (C=O) groups excluding carboxylic acids is 1. The highest BCUT2D eigenvalue weighted by atomic mass is 16.4. The van der Waals surface area contributed by atoms with Gasteiger partial charge in [0.2, 0.25) is 5.56 Å². The highest BCUT2D eigenvalue weighted by Gasteiger charge is 2.29. The molecule has 1 aromatic heterocycles. The Morgan fingerprint density at radius 3 is 2.82 bits per heavy atom. The van der Waals surface area contributed by atoms with Crippen LogP contribution in [-0.2, 0) is 4.79 Å². The topological polar surface area (TPSA) is 90.5 Å². The molecule has 1 atom stereocenters. The summed E-state index contributed by atoms with van der Waals surface area (Å²) in [5.74, 6) is -1.70. The number of carboxylic acids is 1. The number of rotatable bonds is 2. The van der Waals surface area contributed by atoms with E-state index in [4.69, 9.17) is 5.11 Å². The first-order chi connectivity index (χ1) is 10.6. The van der Waals surface area contributed by atoms with E-state index in [0.29, 0.717) is 35.9 Å². The molecule has 2 heterocycles. The fourth-order valence-electron chi connectivity index (χ4n) is 2.92. The molecule has 0 aliphatic carbocycles. The Balaban J connectivity index is 1.98. The number of H-pyrrole nitrogens is 1. The van der Waals surface area contributed by atoms with Gasteiger partial charge in [-0.15, -0.1) is 0 Å². The summed E-state index contributed by atoms with van der Waals surface area (Å²) in [5, 5.41) is 9.80. The smallest absolute Gasteiger partial charge is 0.308 e. The standard InChI is InChI=1S/C16H16N2O4/c19-14-8-12(11-5-1-2-6-13(11)17-14)15(20)18-7-3-4-10(9-18)16(21)22/h1-2,5-6,8,10H,3-4,7,9H2,(H,17,19)(H,21,22)/t10-/m1/s1. The molecule has 2 aromatic rings. The number of fused-ring (bicyclic) bond motifs is 1. The fourth-order valence-corrected chi connectivity index (χ4v) is 2.92. The summed E-state index contributed by atoms with van der Waals surface area (Å²) in [6.07, 6.45) is 1.24. The number of carbonyl (C=O) groups is 2. The monoisotopic (exact) mass is 300 g/mol. The average Bonchev–Trinajstić information content (AvgIpc) is 2.53. The van der Waals surface area contributed by atoms with Crippen LogP contribution in [0.3, 0.4) is 0 Å². The summed E-state index contributed by atoms with van der Waals surface area (Å²) < 4.78 is 0. The zero-order chi connectivity index (χ0) is 15.7. The van der Waals surface area contributed by atoms with Crippen molar-refractivity contribution in [2.45, 2.75) is 12.8 Å². The molecule has 114 valence electrons. The van der Waals surface area contributed by atoms with Gasteiger partial charge < -0.3 is 15.0 Å². The van der Waals surface area contributed by atoms with Gasteiger partial charge in [0.1, 0.15) is 0 Å². The molecular weight excluding hydrogens is 284 g/mol. The molecular formula is C16H16N2O4. The summed E-state index contributed by atoms with van der Waals surface area (Å²) in [4.78, 5) is 39.8. The molecule has 0 unspecified atom stereocenters. The molecule has 6 heteroatoms. The van der Waals surface area contributed by atoms with Gasteiger partial charge in [0.05, 0.1) is 11.5 Å². The van der Waals surface area contributed by atoms with Crippen LogP contribution in [0.5, 0.6) is 0 Å². The third-order valence-electron chi connectivity index (χ3n) is 4.04. The molecule has 0 bridgehead atoms. The second-order valence-electron chi connectivity index (χ2n) is 5.52. The zero-order valence-electron chi connectivity index (χ0n) is 11.9. The van der Waals surface area contributed by atoms with Gasteiger partial charge in [-0.2, -0.15) is 0 Å². The molecule has 6 nitrogen and oxygen atoms in total. The number of pyridine rings is 1. The summed E-state index contributed by atoms with van der Waals surface area (Å²) in [5.41, 5.74) is 0.587. The SMILES string of the molecule is O=C(O)[C@@H]1CCCN(C(=O)c2cc(=O)[nH]c3ccccc23)C1. The van der Waals surface area contributed by atoms with Crippen LogP contribution in [0, 0.1) is 5.92 Å². The Labute approximate surface area is 126 Å². The van der Waals surface area contributed by atoms with Gasteiger partial charge in [0.25, 0.3) is 5.91 Å². The lowest BCUT2D eigenvalue weighted by molar-refractivity contribution is -0.143. The number of nitrogens with zero attached hydrogens (tertiary/aromatic N) is 1. The highest BCUT2D eigenvalue weighted by molar-refractivity contribution is 6.06. The van der Waals surface area contributed by atoms with E-state index in [1.807, 2.05) is 0 Å². The van der Waals surface area contributed by atoms with Crippen LogP contribution in [-0.4, -0.2) is 40.0 Å². The van der Waals surface area contributed by atoms with E-state index >= 15 is 0 Å². The van der Waals surface area contributed by atoms with E-state index in [-0.39, 0.29) is 18.0 Å². The Bertz CT molecular complexity index is 796. The van der Waals surface area contributed by atoms with Crippen LogP contribution >= 0.6 is 0 Å². The summed E-state index contributed by atoms with van der Waals surface area (Å²) >= 11 is 0. The van der Waals surface area contributed by atoms with Gasteiger partial charge in [-0.25, -0.2) is 0 Å². The Morgan fingerprint density at radius 2 is 2.05 bits per heavy atom. The molecule has 2 N–H and O–H groups in total. The maximum atomic E-state index is 12.7. The first-order valence-electron chi connectivity index (χ1n) is 7.20. The van der Waals surface area contributed by atoms with Crippen molar-refractivity contribution in [2.75, 3.05) is 13.1 Å². The summed E-state index contributed by atoms with van der Waals surface area (Å²) in [6, 6.07) is 8.39. The van der Waals surface area contributed by atoms with Crippen LogP contribution in [0.4, 0.5) is 0 Å². The third-order valence-corrected chi connectivity index (χ3v) is 4.04. The molecule has 1 aliphatic rings. The van der Waals surface area contributed by atoms with Crippen molar-refractivity contribution in [3.8, 4) is 0 Å². The van der Waals surface area contributed by atoms with E-state index < -0.39 is 11.9 Å². The van der Waals surface area contributed by atoms with Crippen LogP contribution < -0.4 is 5.56 Å². The zero-order valence-corrected chi connectivity index (χ0v) is 11.9. The normalized spacial score (nSPS) is 18.4. The first kappa shape index (κ1) is 14.3. The predicted molar refractivity (Wildman–Crippen MR) is 80.8 cm³/mol. The fraction of sp³-hybridized carbons (Fsp3) is 0.312. The molecule has 0 radical (unpaired) electrons. The van der Waals surface area contributed by atoms with E-state index in [1.165, 1.54) is 11.0 Å². The number of hydrogen-bond donors (Lipinski definition) is 2. The van der Waals surface area contributed by atoms with Gasteiger partial charge in [-0.1, -0.05) is 18.2 Å². The lowest BCUT2D eigenvalue weighted by Gasteiger charge is -2.31. The van der Waals surface area contributed by atoms with Crippen molar-refractivity contribution in [1.82, 2.24) is 9.88 Å². The number of piperidine rings is 1. The summed E-state index contributed by atoms with van der Waals surface area (Å²) in [7, 11) is 0. The number of likely N-dealkylation sites (tertiary alicyclic amines) is 1. The van der Waals surface area contributed by atoms with Gasteiger partial charge in [0, 0.05) is 30.1 Å². The van der Waals surface area contributed by atoms with Crippen molar-refractivity contribution >= 4 is 22.8 Å². The molecule has 1 aromatic carbocycles. The van der Waals surface area contributed by atoms with Crippen molar-refractivity contribution < 1.29 is 14.7 Å². The first-order valence-corrected chi connectivity index (χ1v) is 7.20. The summed E-state index contributed by atoms with van der Waals surface area (Å²) in [6.45, 7) is 0.707. The number of hydrogen-bond acceptors (Lipinski definition) is 3. The Morgan fingerprint density at radius 1 is 1.27 bits per heavy atom. The minimum absolute atomic E-state index is 0.190. The molecule has 1 aliphatic heterocycles. The van der Waals surface area contributed by atoms with E-state index in [0.717, 1.165) is 0 Å². The number of nitrogens with one attached hydrogen (secondary N) is 1. The molecule has 1 amide bonds. The van der Waals surface area contributed by atoms with Gasteiger partial charge in [-0.3, -0.25) is 14.4 Å². The van der Waals surface area contributed by atoms with Gasteiger partial charge >= 0.3 is 5.97 Å². The average molecular weight is 300 g/mol. The molecule has 0 spiro atoms. The van der Waals surface area contributed by atoms with Gasteiger partial charge in [-0.05, 0) is 18.9 Å². The third kappa shape index (κ3) is 2.59. The van der Waals surface area contributed by atoms with Crippen LogP contribution in [0.25, 0.3) is 10.9 Å². The van der Waals surface area contributed by atoms with Crippen LogP contribution in [0.15, 0.2) is 35.1 Å². The number of aromatic amines is 1. The number of benzene rings is 1. The highest BCUT2D eigenvalue weighted by Crippen LogP contribution is 2.21. The minimum Gasteiger partial charge on any atom is -0.481 e. The number of para-hydroxylation sites is 1. The van der Waals surface area contributed by atoms with Crippen molar-refractivity contribution in [2.24, 2.45) is 5.92 Å². The number of carboxylic acid groups (broad SMARTS) is 1. The Kier molecular flexibility index (Phi) is 3.66. The van der Waals surface area contributed by atoms with Gasteiger partial charge in [0.15, 0.2) is 0 Å².